The maximum Gasteiger partial charge on any atom is 0.320 e. The first-order chi connectivity index (χ1) is 17.3. The summed E-state index contributed by atoms with van der Waals surface area (Å²) in [5, 5.41) is 30.7. The number of fused-ring (bicyclic) bond motifs is 1. The molecule has 4 rings (SSSR count). The molecule has 3 heterocycles. The van der Waals surface area contributed by atoms with Gasteiger partial charge in [-0.25, -0.2) is 15.0 Å². The minimum absolute atomic E-state index is 0.194. The summed E-state index contributed by atoms with van der Waals surface area (Å²) >= 11 is 0. The van der Waals surface area contributed by atoms with Gasteiger partial charge in [0.25, 0.3) is 0 Å². The number of anilines is 1. The lowest BCUT2D eigenvalue weighted by molar-refractivity contribution is -0.138. The number of hydrogen-bond donors (Lipinski definition) is 6. The summed E-state index contributed by atoms with van der Waals surface area (Å²) in [4.78, 5) is 25.4. The Morgan fingerprint density at radius 2 is 1.81 bits per heavy atom. The van der Waals surface area contributed by atoms with Crippen molar-refractivity contribution in [2.75, 3.05) is 25.4 Å². The van der Waals surface area contributed by atoms with Crippen LogP contribution in [0.4, 0.5) is 5.82 Å². The number of ether oxygens (including phenoxy) is 1. The molecule has 0 unspecified atom stereocenters. The molecule has 1 aromatic carbocycles. The van der Waals surface area contributed by atoms with Crippen molar-refractivity contribution in [3.63, 3.8) is 0 Å². The van der Waals surface area contributed by atoms with Crippen molar-refractivity contribution in [3.05, 3.63) is 48.5 Å². The van der Waals surface area contributed by atoms with E-state index in [0.717, 1.165) is 5.56 Å². The Morgan fingerprint density at radius 3 is 2.53 bits per heavy atom. The van der Waals surface area contributed by atoms with Crippen LogP contribution in [0, 0.1) is 0 Å². The number of imidazole rings is 1. The molecule has 0 aliphatic carbocycles. The number of aromatic nitrogens is 4. The van der Waals surface area contributed by atoms with E-state index in [4.69, 9.17) is 21.9 Å². The number of nitrogens with two attached hydrogens (primary N) is 3. The zero-order valence-corrected chi connectivity index (χ0v) is 19.7. The minimum atomic E-state index is -1.25. The Morgan fingerprint density at radius 1 is 1.08 bits per heavy atom. The SMILES string of the molecule is Nc1ncnc2c1ncn2[C@@H]1O[C@H](CN(CC[C@H](N)C(=O)O)CC[C@H](N)c2ccccc2)[C@@H](O)[C@H]1O. The van der Waals surface area contributed by atoms with E-state index in [1.54, 1.807) is 0 Å². The van der Waals surface area contributed by atoms with E-state index in [-0.39, 0.29) is 24.8 Å². The quantitative estimate of drug-likeness (QED) is 0.191. The van der Waals surface area contributed by atoms with Crippen LogP contribution in [0.2, 0.25) is 0 Å². The summed E-state index contributed by atoms with van der Waals surface area (Å²) in [6.07, 6.45) is -0.662. The highest BCUT2D eigenvalue weighted by Gasteiger charge is 2.44. The summed E-state index contributed by atoms with van der Waals surface area (Å²) in [7, 11) is 0. The molecule has 6 atom stereocenters. The molecule has 0 amide bonds. The molecule has 0 spiro atoms. The van der Waals surface area contributed by atoms with Crippen LogP contribution in [0.25, 0.3) is 11.2 Å². The molecule has 1 saturated heterocycles. The van der Waals surface area contributed by atoms with Crippen molar-refractivity contribution in [1.82, 2.24) is 24.4 Å². The van der Waals surface area contributed by atoms with Gasteiger partial charge in [-0.1, -0.05) is 30.3 Å². The van der Waals surface area contributed by atoms with E-state index in [1.807, 2.05) is 35.2 Å². The molecule has 9 N–H and O–H groups in total. The lowest BCUT2D eigenvalue weighted by Crippen LogP contribution is -2.43. The van der Waals surface area contributed by atoms with Crippen molar-refractivity contribution in [1.29, 1.82) is 0 Å². The van der Waals surface area contributed by atoms with Gasteiger partial charge in [0.15, 0.2) is 17.7 Å². The zero-order chi connectivity index (χ0) is 25.8. The van der Waals surface area contributed by atoms with E-state index >= 15 is 0 Å². The number of benzene rings is 1. The Bertz CT molecular complexity index is 1160. The van der Waals surface area contributed by atoms with Crippen LogP contribution < -0.4 is 17.2 Å². The molecule has 194 valence electrons. The van der Waals surface area contributed by atoms with Gasteiger partial charge >= 0.3 is 5.97 Å². The number of carbonyl (C=O) groups is 1. The molecule has 1 aliphatic rings. The smallest absolute Gasteiger partial charge is 0.320 e. The first-order valence-electron chi connectivity index (χ1n) is 11.7. The Hall–Kier alpha value is -3.20. The molecular weight excluding hydrogens is 468 g/mol. The maximum absolute atomic E-state index is 11.2. The van der Waals surface area contributed by atoms with Gasteiger partial charge in [0, 0.05) is 25.7 Å². The zero-order valence-electron chi connectivity index (χ0n) is 19.7. The Kier molecular flexibility index (Phi) is 8.08. The lowest BCUT2D eigenvalue weighted by atomic mass is 10.0. The van der Waals surface area contributed by atoms with Gasteiger partial charge in [0.05, 0.1) is 6.33 Å². The third-order valence-electron chi connectivity index (χ3n) is 6.49. The van der Waals surface area contributed by atoms with Gasteiger partial charge in [0.2, 0.25) is 0 Å². The summed E-state index contributed by atoms with van der Waals surface area (Å²) in [5.41, 5.74) is 19.7. The van der Waals surface area contributed by atoms with E-state index < -0.39 is 36.6 Å². The standard InChI is InChI=1S/C23H32N8O5/c24-14(13-4-2-1-3-5-13)6-8-30(9-7-15(25)23(34)35)10-16-18(32)19(33)22(36-16)31-12-29-17-20(26)27-11-28-21(17)31/h1-5,11-12,14-16,18-19,22,32-33H,6-10,24-25H2,(H,34,35)(H2,26,27,28)/t14-,15-,16+,18+,19+,22+/m0/s1. The maximum atomic E-state index is 11.2. The van der Waals surface area contributed by atoms with Crippen molar-refractivity contribution >= 4 is 23.0 Å². The second-order valence-electron chi connectivity index (χ2n) is 8.97. The molecule has 0 radical (unpaired) electrons. The second-order valence-corrected chi connectivity index (χ2v) is 8.97. The van der Waals surface area contributed by atoms with E-state index in [1.165, 1.54) is 17.2 Å². The number of nitrogen functional groups attached to an aromatic ring is 1. The van der Waals surface area contributed by atoms with Crippen LogP contribution in [0.15, 0.2) is 43.0 Å². The van der Waals surface area contributed by atoms with E-state index in [2.05, 4.69) is 15.0 Å². The number of aliphatic carboxylic acids is 1. The average molecular weight is 501 g/mol. The van der Waals surface area contributed by atoms with Gasteiger partial charge in [-0.2, -0.15) is 0 Å². The molecule has 1 aliphatic heterocycles. The third kappa shape index (κ3) is 5.61. The molecule has 3 aromatic rings. The lowest BCUT2D eigenvalue weighted by Gasteiger charge is -2.28. The van der Waals surface area contributed by atoms with Gasteiger partial charge in [-0.15, -0.1) is 0 Å². The molecule has 13 heteroatoms. The van der Waals surface area contributed by atoms with Crippen LogP contribution in [-0.4, -0.2) is 89.7 Å². The van der Waals surface area contributed by atoms with E-state index in [9.17, 15) is 20.1 Å². The molecule has 0 saturated carbocycles. The van der Waals surface area contributed by atoms with Gasteiger partial charge < -0.3 is 42.2 Å². The van der Waals surface area contributed by atoms with Crippen molar-refractivity contribution < 1.29 is 24.9 Å². The fraction of sp³-hybridized carbons (Fsp3) is 0.478. The average Bonchev–Trinajstić information content (AvgIpc) is 3.42. The Balaban J connectivity index is 1.46. The molecular formula is C23H32N8O5. The Labute approximate surface area is 207 Å². The third-order valence-corrected chi connectivity index (χ3v) is 6.49. The number of aliphatic hydroxyl groups excluding tert-OH is 2. The van der Waals surface area contributed by atoms with Crippen LogP contribution in [0.1, 0.15) is 30.7 Å². The summed E-state index contributed by atoms with van der Waals surface area (Å²) in [6, 6.07) is 8.41. The van der Waals surface area contributed by atoms with Crippen LogP contribution in [-0.2, 0) is 9.53 Å². The number of nitrogens with zero attached hydrogens (tertiary/aromatic N) is 5. The van der Waals surface area contributed by atoms with Crippen molar-refractivity contribution in [2.45, 2.75) is 49.5 Å². The molecule has 36 heavy (non-hydrogen) atoms. The van der Waals surface area contributed by atoms with Crippen LogP contribution in [0.5, 0.6) is 0 Å². The summed E-state index contributed by atoms with van der Waals surface area (Å²) in [6.45, 7) is 1.08. The number of carboxylic acid groups (broad SMARTS) is 1. The first-order valence-corrected chi connectivity index (χ1v) is 11.7. The number of aliphatic hydroxyl groups is 2. The van der Waals surface area contributed by atoms with Crippen molar-refractivity contribution in [3.8, 4) is 0 Å². The molecule has 1 fully saturated rings. The highest BCUT2D eigenvalue weighted by atomic mass is 16.6. The predicted octanol–water partition coefficient (Wildman–Crippen LogP) is -0.778. The van der Waals surface area contributed by atoms with Gasteiger partial charge in [-0.3, -0.25) is 9.36 Å². The van der Waals surface area contributed by atoms with E-state index in [0.29, 0.717) is 30.7 Å². The topological polar surface area (TPSA) is 212 Å². The van der Waals surface area contributed by atoms with Gasteiger partial charge in [0.1, 0.15) is 36.2 Å². The summed E-state index contributed by atoms with van der Waals surface area (Å²) in [5.74, 6) is -0.893. The molecule has 13 nitrogen and oxygen atoms in total. The first kappa shape index (κ1) is 25.9. The summed E-state index contributed by atoms with van der Waals surface area (Å²) < 4.78 is 7.57. The predicted molar refractivity (Wildman–Crippen MR) is 130 cm³/mol. The number of rotatable bonds is 11. The number of hydrogen-bond acceptors (Lipinski definition) is 11. The minimum Gasteiger partial charge on any atom is -0.480 e. The highest BCUT2D eigenvalue weighted by molar-refractivity contribution is 5.81. The fourth-order valence-corrected chi connectivity index (χ4v) is 4.35. The normalized spacial score (nSPS) is 23.8. The molecule has 2 aromatic heterocycles. The van der Waals surface area contributed by atoms with Crippen molar-refractivity contribution in [2.24, 2.45) is 11.5 Å². The monoisotopic (exact) mass is 500 g/mol. The number of carboxylic acids is 1. The largest absolute Gasteiger partial charge is 0.480 e. The second kappa shape index (κ2) is 11.2. The van der Waals surface area contributed by atoms with Gasteiger partial charge in [-0.05, 0) is 18.4 Å². The highest BCUT2D eigenvalue weighted by Crippen LogP contribution is 2.32. The fourth-order valence-electron chi connectivity index (χ4n) is 4.35. The van der Waals surface area contributed by atoms with Crippen LogP contribution >= 0.6 is 0 Å². The van der Waals surface area contributed by atoms with Crippen LogP contribution in [0.3, 0.4) is 0 Å². The molecule has 0 bridgehead atoms.